The first kappa shape index (κ1) is 15.1. The number of hydrogen-bond donors (Lipinski definition) is 1. The zero-order chi connectivity index (χ0) is 15.4. The van der Waals surface area contributed by atoms with Crippen molar-refractivity contribution in [3.05, 3.63) is 32.9 Å². The minimum atomic E-state index is -1.06. The van der Waals surface area contributed by atoms with E-state index in [1.54, 1.807) is 13.8 Å². The Kier molecular flexibility index (Phi) is 3.71. The molecule has 7 nitrogen and oxygen atoms in total. The largest absolute Gasteiger partial charge is 0.348 e. The van der Waals surface area contributed by atoms with Crippen LogP contribution in [-0.2, 0) is 14.2 Å². The molecule has 0 aromatic carbocycles. The number of rotatable bonds is 2. The van der Waals surface area contributed by atoms with E-state index in [2.05, 4.69) is 22.6 Å². The van der Waals surface area contributed by atoms with Gasteiger partial charge in [0.1, 0.15) is 12.2 Å². The first-order chi connectivity index (χ1) is 9.82. The van der Waals surface area contributed by atoms with Crippen molar-refractivity contribution in [2.45, 2.75) is 44.2 Å². The summed E-state index contributed by atoms with van der Waals surface area (Å²) in [6, 6.07) is 0. The van der Waals surface area contributed by atoms with Crippen LogP contribution < -0.4 is 11.2 Å². The molecule has 2 saturated heterocycles. The van der Waals surface area contributed by atoms with Gasteiger partial charge in [0.15, 0.2) is 12.0 Å². The number of fused-ring (bicyclic) bond motifs is 1. The van der Waals surface area contributed by atoms with E-state index in [4.69, 9.17) is 14.2 Å². The molecule has 0 spiro atoms. The number of nitrogens with zero attached hydrogens (tertiary/aromatic N) is 1. The Morgan fingerprint density at radius 3 is 2.71 bits per heavy atom. The van der Waals surface area contributed by atoms with Gasteiger partial charge in [-0.3, -0.25) is 14.3 Å². The van der Waals surface area contributed by atoms with Gasteiger partial charge < -0.3 is 14.2 Å². The third-order valence-electron chi connectivity index (χ3n) is 3.48. The van der Waals surface area contributed by atoms with Crippen molar-refractivity contribution in [3.8, 4) is 0 Å². The van der Waals surface area contributed by atoms with Gasteiger partial charge in [0, 0.05) is 4.43 Å². The first-order valence-electron chi connectivity index (χ1n) is 6.40. The van der Waals surface area contributed by atoms with Gasteiger partial charge in [0.05, 0.1) is 12.3 Å². The maximum Gasteiger partial charge on any atom is 0.330 e. The van der Waals surface area contributed by atoms with E-state index in [-0.39, 0.29) is 12.2 Å². The molecule has 1 aromatic rings. The zero-order valence-corrected chi connectivity index (χ0v) is 13.5. The molecule has 9 heteroatoms. The molecule has 3 rings (SSSR count). The quantitative estimate of drug-likeness (QED) is 0.563. The van der Waals surface area contributed by atoms with E-state index in [1.165, 1.54) is 0 Å². The molecule has 21 heavy (non-hydrogen) atoms. The van der Waals surface area contributed by atoms with Crippen LogP contribution in [0.2, 0.25) is 0 Å². The Hall–Kier alpha value is -0.780. The van der Waals surface area contributed by atoms with Crippen molar-refractivity contribution in [1.82, 2.24) is 9.55 Å². The monoisotopic (exact) mass is 415 g/mol. The first-order valence-corrected chi connectivity index (χ1v) is 7.93. The van der Waals surface area contributed by atoms with Crippen LogP contribution in [0.15, 0.2) is 15.8 Å². The van der Waals surface area contributed by atoms with Gasteiger partial charge in [-0.1, -0.05) is 22.6 Å². The number of alkyl halides is 1. The average Bonchev–Trinajstić information content (AvgIpc) is 2.87. The SMILES string of the molecule is CC1(C)O[C@@H]2[C@H](O1)[C@@H](CI)O[C@H]2[15n]1cc(F)c(=O)[15nH][13c]1=O. The lowest BCUT2D eigenvalue weighted by Gasteiger charge is -2.24. The van der Waals surface area contributed by atoms with Crippen LogP contribution >= 0.6 is 22.6 Å². The van der Waals surface area contributed by atoms with Crippen molar-refractivity contribution < 1.29 is 18.6 Å². The fourth-order valence-electron chi connectivity index (χ4n) is 2.66. The zero-order valence-electron chi connectivity index (χ0n) is 11.3. The summed E-state index contributed by atoms with van der Waals surface area (Å²) in [4.78, 5) is 24.9. The molecule has 116 valence electrons. The van der Waals surface area contributed by atoms with Crippen LogP contribution in [0.1, 0.15) is 20.1 Å². The number of aromatic nitrogens is 2. The Labute approximate surface area is 132 Å². The molecule has 0 unspecified atom stereocenters. The summed E-state index contributed by atoms with van der Waals surface area (Å²) >= 11 is 2.15. The summed E-state index contributed by atoms with van der Waals surface area (Å²) in [6.45, 7) is 3.53. The minimum Gasteiger partial charge on any atom is -0.348 e. The highest BCUT2D eigenvalue weighted by atomic mass is 127. The second kappa shape index (κ2) is 5.14. The van der Waals surface area contributed by atoms with E-state index in [9.17, 15) is 14.0 Å². The Balaban J connectivity index is 2.01. The second-order valence-corrected chi connectivity index (χ2v) is 6.31. The van der Waals surface area contributed by atoms with E-state index in [1.807, 2.05) is 4.98 Å². The molecule has 0 radical (unpaired) electrons. The van der Waals surface area contributed by atoms with Gasteiger partial charge in [0.2, 0.25) is 5.82 Å². The van der Waals surface area contributed by atoms with E-state index in [0.29, 0.717) is 4.43 Å². The van der Waals surface area contributed by atoms with Gasteiger partial charge in [-0.05, 0) is 13.8 Å². The lowest BCUT2D eigenvalue weighted by Crippen LogP contribution is -2.38. The van der Waals surface area contributed by atoms with Crippen LogP contribution in [0, 0.1) is 5.82 Å². The van der Waals surface area contributed by atoms with Crippen molar-refractivity contribution in [3.63, 3.8) is 0 Å². The highest BCUT2D eigenvalue weighted by Crippen LogP contribution is 2.42. The lowest BCUT2D eigenvalue weighted by atomic mass is 10.1. The molecule has 2 aliphatic heterocycles. The van der Waals surface area contributed by atoms with E-state index in [0.717, 1.165) is 10.8 Å². The molecule has 2 fully saturated rings. The number of ether oxygens (including phenoxy) is 3. The summed E-state index contributed by atoms with van der Waals surface area (Å²) in [5.41, 5.74) is -1.80. The van der Waals surface area contributed by atoms with Gasteiger partial charge in [-0.25, -0.2) is 4.79 Å². The smallest absolute Gasteiger partial charge is 0.330 e. The van der Waals surface area contributed by atoms with Crippen molar-refractivity contribution in [2.24, 2.45) is 0 Å². The van der Waals surface area contributed by atoms with Crippen LogP contribution in [0.3, 0.4) is 0 Å². The molecular weight excluding hydrogens is 401 g/mol. The topological polar surface area (TPSA) is 82.6 Å². The van der Waals surface area contributed by atoms with Crippen molar-refractivity contribution in [1.29, 1.82) is 0 Å². The number of halogens is 2. The molecule has 0 aliphatic carbocycles. The molecule has 0 bridgehead atoms. The standard InChI is InChI=1S/C12H14FIN2O5/c1-12(2)20-7-6(3-14)19-10(8(7)21-12)16-4-5(13)9(17)15-11(16)18/h4,6-8,10H,3H2,1-2H3,(H,15,17,18)/t6-,7-,8-,10-/m1/s1/i11+1,15+1,16+1. The van der Waals surface area contributed by atoms with Crippen LogP contribution in [0.5, 0.6) is 0 Å². The third-order valence-corrected chi connectivity index (χ3v) is 4.34. The van der Waals surface area contributed by atoms with E-state index >= 15 is 0 Å². The molecule has 4 atom stereocenters. The molecule has 0 amide bonds. The summed E-state index contributed by atoms with van der Waals surface area (Å²) in [7, 11) is 0. The predicted octanol–water partition coefficient (Wildman–Crippen LogP) is 0.528. The lowest BCUT2D eigenvalue weighted by molar-refractivity contribution is -0.194. The molecule has 1 aromatic heterocycles. The second-order valence-electron chi connectivity index (χ2n) is 5.43. The van der Waals surface area contributed by atoms with Gasteiger partial charge in [-0.2, -0.15) is 4.39 Å². The molecule has 0 saturated carbocycles. The number of H-pyrrole nitrogens is 1. The van der Waals surface area contributed by atoms with Crippen molar-refractivity contribution >= 4 is 22.6 Å². The number of aromatic amines is 1. The van der Waals surface area contributed by atoms with Crippen molar-refractivity contribution in [2.75, 3.05) is 4.43 Å². The summed E-state index contributed by atoms with van der Waals surface area (Å²) in [5, 5.41) is 0. The highest BCUT2D eigenvalue weighted by molar-refractivity contribution is 14.1. The van der Waals surface area contributed by atoms with Gasteiger partial charge >= 0.3 is 5.69 Å². The van der Waals surface area contributed by atoms with Gasteiger partial charge in [-0.15, -0.1) is 0 Å². The number of hydrogen-bond acceptors (Lipinski definition) is 5. The Morgan fingerprint density at radius 2 is 2.05 bits per heavy atom. The van der Waals surface area contributed by atoms with Crippen LogP contribution in [-0.4, -0.2) is 38.1 Å². The molecule has 1 N–H and O–H groups in total. The van der Waals surface area contributed by atoms with E-state index < -0.39 is 35.2 Å². The maximum atomic E-state index is 13.5. The predicted molar refractivity (Wildman–Crippen MR) is 77.9 cm³/mol. The minimum absolute atomic E-state index is 0.274. The van der Waals surface area contributed by atoms with Crippen LogP contribution in [0.25, 0.3) is 0 Å². The Morgan fingerprint density at radius 1 is 1.38 bits per heavy atom. The fraction of sp³-hybridized carbons (Fsp3) is 0.667. The number of nitrogens with one attached hydrogen (secondary N) is 1. The third kappa shape index (κ3) is 2.56. The molecule has 3 heterocycles. The summed E-state index contributed by atoms with van der Waals surface area (Å²) in [5.74, 6) is -1.85. The summed E-state index contributed by atoms with van der Waals surface area (Å²) in [6.07, 6.45) is -1.15. The van der Waals surface area contributed by atoms with Gasteiger partial charge in [0.25, 0.3) is 5.56 Å². The van der Waals surface area contributed by atoms with Crippen LogP contribution in [0.4, 0.5) is 4.39 Å². The average molecular weight is 415 g/mol. The fourth-order valence-corrected chi connectivity index (χ4v) is 3.37. The maximum absolute atomic E-state index is 13.5. The molecular formula is C12H14FIN2O5. The summed E-state index contributed by atoms with van der Waals surface area (Å²) < 4.78 is 32.4. The molecule has 2 aliphatic rings. The highest BCUT2D eigenvalue weighted by Gasteiger charge is 2.55. The normalized spacial score (nSPS) is 34.1. The Bertz CT molecular complexity index is 672.